The van der Waals surface area contributed by atoms with Crippen LogP contribution in [-0.2, 0) is 6.42 Å². The van der Waals surface area contributed by atoms with E-state index in [-0.39, 0.29) is 11.7 Å². The van der Waals surface area contributed by atoms with E-state index in [1.54, 1.807) is 17.5 Å². The van der Waals surface area contributed by atoms with Gasteiger partial charge in [-0.2, -0.15) is 8.78 Å². The van der Waals surface area contributed by atoms with Crippen molar-refractivity contribution in [3.63, 3.8) is 0 Å². The number of hydrogen-bond acceptors (Lipinski definition) is 5. The number of ether oxygens (including phenoxy) is 1. The third-order valence-electron chi connectivity index (χ3n) is 3.71. The number of nitrogens with one attached hydrogen (secondary N) is 2. The standard InChI is InChI=1S/C19H17F2N3O2S/c1-2-12-5-3-4-6-15(12)23-17(25)16-11-27-19(24-16)22-13-7-9-14(10-8-13)26-18(20)21/h3-11,18H,2H2,1H3,(H,22,24)(H,23,25). The average molecular weight is 389 g/mol. The Morgan fingerprint density at radius 2 is 1.93 bits per heavy atom. The van der Waals surface area contributed by atoms with Crippen molar-refractivity contribution in [2.75, 3.05) is 10.6 Å². The lowest BCUT2D eigenvalue weighted by Gasteiger charge is -2.08. The van der Waals surface area contributed by atoms with Crippen LogP contribution in [0.1, 0.15) is 23.0 Å². The predicted molar refractivity (Wildman–Crippen MR) is 102 cm³/mol. The van der Waals surface area contributed by atoms with Crippen molar-refractivity contribution in [2.45, 2.75) is 20.0 Å². The van der Waals surface area contributed by atoms with Gasteiger partial charge in [-0.15, -0.1) is 11.3 Å². The molecular weight excluding hydrogens is 372 g/mol. The first-order chi connectivity index (χ1) is 13.0. The van der Waals surface area contributed by atoms with Crippen LogP contribution < -0.4 is 15.4 Å². The van der Waals surface area contributed by atoms with Crippen molar-refractivity contribution >= 4 is 33.8 Å². The molecule has 3 aromatic rings. The summed E-state index contributed by atoms with van der Waals surface area (Å²) in [4.78, 5) is 16.7. The molecule has 0 aliphatic heterocycles. The summed E-state index contributed by atoms with van der Waals surface area (Å²) in [5, 5.41) is 8.07. The molecule has 0 fully saturated rings. The zero-order valence-corrected chi connectivity index (χ0v) is 15.2. The second-order valence-electron chi connectivity index (χ2n) is 5.53. The highest BCUT2D eigenvalue weighted by molar-refractivity contribution is 7.14. The van der Waals surface area contributed by atoms with Crippen LogP contribution in [0.5, 0.6) is 5.75 Å². The van der Waals surface area contributed by atoms with Gasteiger partial charge >= 0.3 is 6.61 Å². The molecule has 0 aliphatic carbocycles. The number of aryl methyl sites for hydroxylation is 1. The molecule has 0 spiro atoms. The molecule has 0 unspecified atom stereocenters. The number of nitrogens with zero attached hydrogens (tertiary/aromatic N) is 1. The number of alkyl halides is 2. The summed E-state index contributed by atoms with van der Waals surface area (Å²) >= 11 is 1.27. The summed E-state index contributed by atoms with van der Waals surface area (Å²) in [5.74, 6) is -0.217. The number of hydrogen-bond donors (Lipinski definition) is 2. The molecule has 0 atom stereocenters. The van der Waals surface area contributed by atoms with Crippen molar-refractivity contribution in [1.29, 1.82) is 0 Å². The Labute approximate surface area is 159 Å². The number of para-hydroxylation sites is 1. The van der Waals surface area contributed by atoms with Crippen LogP contribution in [0, 0.1) is 0 Å². The molecule has 0 saturated carbocycles. The fourth-order valence-corrected chi connectivity index (χ4v) is 3.13. The Hall–Kier alpha value is -3.00. The molecule has 140 valence electrons. The van der Waals surface area contributed by atoms with Gasteiger partial charge in [0.2, 0.25) is 0 Å². The maximum atomic E-state index is 12.4. The van der Waals surface area contributed by atoms with E-state index in [2.05, 4.69) is 20.4 Å². The topological polar surface area (TPSA) is 63.2 Å². The first-order valence-corrected chi connectivity index (χ1v) is 9.10. The number of carbonyl (C=O) groups is 1. The van der Waals surface area contributed by atoms with Crippen LogP contribution in [0.3, 0.4) is 0 Å². The Morgan fingerprint density at radius 3 is 2.63 bits per heavy atom. The molecule has 27 heavy (non-hydrogen) atoms. The summed E-state index contributed by atoms with van der Waals surface area (Å²) in [6.07, 6.45) is 0.811. The lowest BCUT2D eigenvalue weighted by Crippen LogP contribution is -2.13. The molecule has 3 rings (SSSR count). The molecular formula is C19H17F2N3O2S. The van der Waals surface area contributed by atoms with Gasteiger partial charge in [-0.05, 0) is 42.3 Å². The van der Waals surface area contributed by atoms with Gasteiger partial charge in [-0.3, -0.25) is 4.79 Å². The molecule has 2 aromatic carbocycles. The number of benzene rings is 2. The highest BCUT2D eigenvalue weighted by atomic mass is 32.1. The predicted octanol–water partition coefficient (Wildman–Crippen LogP) is 5.30. The summed E-state index contributed by atoms with van der Waals surface area (Å²) in [5.41, 5.74) is 2.76. The van der Waals surface area contributed by atoms with Crippen LogP contribution >= 0.6 is 11.3 Å². The van der Waals surface area contributed by atoms with E-state index in [9.17, 15) is 13.6 Å². The number of aromatic nitrogens is 1. The van der Waals surface area contributed by atoms with Gasteiger partial charge in [-0.1, -0.05) is 25.1 Å². The Bertz CT molecular complexity index is 913. The van der Waals surface area contributed by atoms with E-state index < -0.39 is 6.61 Å². The maximum absolute atomic E-state index is 12.4. The third-order valence-corrected chi connectivity index (χ3v) is 4.47. The maximum Gasteiger partial charge on any atom is 0.387 e. The van der Waals surface area contributed by atoms with Gasteiger partial charge in [0, 0.05) is 16.8 Å². The molecule has 2 N–H and O–H groups in total. The van der Waals surface area contributed by atoms with E-state index in [4.69, 9.17) is 0 Å². The van der Waals surface area contributed by atoms with Crippen LogP contribution in [0.15, 0.2) is 53.9 Å². The number of rotatable bonds is 7. The molecule has 5 nitrogen and oxygen atoms in total. The second-order valence-corrected chi connectivity index (χ2v) is 6.39. The first-order valence-electron chi connectivity index (χ1n) is 8.22. The van der Waals surface area contributed by atoms with Gasteiger partial charge in [0.15, 0.2) is 5.13 Å². The lowest BCUT2D eigenvalue weighted by atomic mass is 10.1. The molecule has 0 bridgehead atoms. The minimum atomic E-state index is -2.86. The van der Waals surface area contributed by atoms with Crippen molar-refractivity contribution in [3.8, 4) is 5.75 Å². The largest absolute Gasteiger partial charge is 0.435 e. The zero-order valence-electron chi connectivity index (χ0n) is 14.4. The van der Waals surface area contributed by atoms with Gasteiger partial charge in [0.1, 0.15) is 11.4 Å². The molecule has 0 aliphatic rings. The third kappa shape index (κ3) is 5.01. The minimum absolute atomic E-state index is 0.0735. The van der Waals surface area contributed by atoms with E-state index in [0.717, 1.165) is 17.7 Å². The number of halogens is 2. The molecule has 0 saturated heterocycles. The number of amides is 1. The molecule has 8 heteroatoms. The van der Waals surface area contributed by atoms with Crippen molar-refractivity contribution in [1.82, 2.24) is 4.98 Å². The number of anilines is 3. The SMILES string of the molecule is CCc1ccccc1NC(=O)c1csc(Nc2ccc(OC(F)F)cc2)n1. The summed E-state index contributed by atoms with van der Waals surface area (Å²) in [7, 11) is 0. The number of carbonyl (C=O) groups excluding carboxylic acids is 1. The van der Waals surface area contributed by atoms with Crippen molar-refractivity contribution in [3.05, 3.63) is 65.2 Å². The van der Waals surface area contributed by atoms with Gasteiger partial charge in [0.25, 0.3) is 5.91 Å². The van der Waals surface area contributed by atoms with E-state index in [1.165, 1.54) is 23.5 Å². The van der Waals surface area contributed by atoms with Crippen molar-refractivity contribution in [2.24, 2.45) is 0 Å². The van der Waals surface area contributed by atoms with E-state index in [0.29, 0.717) is 16.5 Å². The van der Waals surface area contributed by atoms with E-state index >= 15 is 0 Å². The summed E-state index contributed by atoms with van der Waals surface area (Å²) < 4.78 is 28.6. The van der Waals surface area contributed by atoms with Crippen LogP contribution in [0.25, 0.3) is 0 Å². The summed E-state index contributed by atoms with van der Waals surface area (Å²) in [6, 6.07) is 13.7. The fraction of sp³-hybridized carbons (Fsp3) is 0.158. The number of thiazole rings is 1. The normalized spacial score (nSPS) is 10.7. The fourth-order valence-electron chi connectivity index (χ4n) is 2.42. The molecule has 1 amide bonds. The van der Waals surface area contributed by atoms with Crippen LogP contribution in [-0.4, -0.2) is 17.5 Å². The highest BCUT2D eigenvalue weighted by Crippen LogP contribution is 2.24. The van der Waals surface area contributed by atoms with Gasteiger partial charge in [-0.25, -0.2) is 4.98 Å². The highest BCUT2D eigenvalue weighted by Gasteiger charge is 2.13. The molecule has 1 aromatic heterocycles. The van der Waals surface area contributed by atoms with Crippen molar-refractivity contribution < 1.29 is 18.3 Å². The Balaban J connectivity index is 1.65. The van der Waals surface area contributed by atoms with Gasteiger partial charge in [0.05, 0.1) is 0 Å². The minimum Gasteiger partial charge on any atom is -0.435 e. The molecule has 1 heterocycles. The lowest BCUT2D eigenvalue weighted by molar-refractivity contribution is -0.0498. The average Bonchev–Trinajstić information content (AvgIpc) is 3.12. The molecule has 0 radical (unpaired) electrons. The quantitative estimate of drug-likeness (QED) is 0.575. The smallest absolute Gasteiger partial charge is 0.387 e. The Kier molecular flexibility index (Phi) is 5.97. The van der Waals surface area contributed by atoms with Crippen LogP contribution in [0.2, 0.25) is 0 Å². The second kappa shape index (κ2) is 8.59. The zero-order chi connectivity index (χ0) is 19.2. The summed E-state index contributed by atoms with van der Waals surface area (Å²) in [6.45, 7) is -0.838. The van der Waals surface area contributed by atoms with Gasteiger partial charge < -0.3 is 15.4 Å². The Morgan fingerprint density at radius 1 is 1.19 bits per heavy atom. The first kappa shape index (κ1) is 18.8. The van der Waals surface area contributed by atoms with E-state index in [1.807, 2.05) is 31.2 Å². The van der Waals surface area contributed by atoms with Crippen LogP contribution in [0.4, 0.5) is 25.3 Å². The monoisotopic (exact) mass is 389 g/mol.